The molecule has 1 atom stereocenters. The summed E-state index contributed by atoms with van der Waals surface area (Å²) in [6.45, 7) is 3.95. The fraction of sp³-hybridized carbons (Fsp3) is 0.684. The number of aliphatic hydroxyl groups excluding tert-OH is 1. The molecule has 0 radical (unpaired) electrons. The van der Waals surface area contributed by atoms with Gasteiger partial charge in [-0.05, 0) is 51.4 Å². The van der Waals surface area contributed by atoms with E-state index < -0.39 is 6.10 Å². The minimum atomic E-state index is -0.792. The summed E-state index contributed by atoms with van der Waals surface area (Å²) in [5, 5.41) is 9.50. The maximum atomic E-state index is 12.1. The molecule has 0 heterocycles. The molecule has 0 saturated heterocycles. The second kappa shape index (κ2) is 34.1. The third kappa shape index (κ3) is 32.4. The minimum absolute atomic E-state index is 0.0960. The Morgan fingerprint density at radius 3 is 1.49 bits per heavy atom. The molecule has 5 nitrogen and oxygen atoms in total. The van der Waals surface area contributed by atoms with Gasteiger partial charge in [0.2, 0.25) is 0 Å². The van der Waals surface area contributed by atoms with Crippen molar-refractivity contribution in [2.24, 2.45) is 0 Å². The second-order valence-corrected chi connectivity index (χ2v) is 11.2. The molecule has 0 unspecified atom stereocenters. The van der Waals surface area contributed by atoms with Gasteiger partial charge in [0.1, 0.15) is 6.61 Å². The van der Waals surface area contributed by atoms with Crippen molar-refractivity contribution >= 4 is 11.9 Å². The van der Waals surface area contributed by atoms with Gasteiger partial charge in [0.05, 0.1) is 6.61 Å². The Labute approximate surface area is 264 Å². The highest BCUT2D eigenvalue weighted by Gasteiger charge is 2.15. The third-order valence-corrected chi connectivity index (χ3v) is 7.08. The van der Waals surface area contributed by atoms with Gasteiger partial charge in [0, 0.05) is 12.8 Å². The summed E-state index contributed by atoms with van der Waals surface area (Å²) < 4.78 is 10.5. The van der Waals surface area contributed by atoms with Gasteiger partial charge >= 0.3 is 11.9 Å². The van der Waals surface area contributed by atoms with E-state index in [1.54, 1.807) is 0 Å². The predicted molar refractivity (Wildman–Crippen MR) is 182 cm³/mol. The van der Waals surface area contributed by atoms with E-state index in [0.29, 0.717) is 19.3 Å². The van der Waals surface area contributed by atoms with E-state index >= 15 is 0 Å². The highest BCUT2D eigenvalue weighted by Crippen LogP contribution is 2.13. The lowest BCUT2D eigenvalue weighted by atomic mass is 10.0. The first-order chi connectivity index (χ1) is 21.1. The third-order valence-electron chi connectivity index (χ3n) is 7.08. The average molecular weight is 601 g/mol. The fourth-order valence-corrected chi connectivity index (χ4v) is 4.47. The smallest absolute Gasteiger partial charge is 0.306 e. The Bertz CT molecular complexity index is 777. The van der Waals surface area contributed by atoms with Crippen LogP contribution in [0.5, 0.6) is 0 Å². The van der Waals surface area contributed by atoms with E-state index in [9.17, 15) is 14.7 Å². The maximum absolute atomic E-state index is 12.1. The fourth-order valence-electron chi connectivity index (χ4n) is 4.47. The van der Waals surface area contributed by atoms with E-state index in [1.165, 1.54) is 57.8 Å². The predicted octanol–water partition coefficient (Wildman–Crippen LogP) is 10.4. The van der Waals surface area contributed by atoms with Crippen LogP contribution in [0, 0.1) is 0 Å². The van der Waals surface area contributed by atoms with Crippen molar-refractivity contribution < 1.29 is 24.2 Å². The molecule has 246 valence electrons. The average Bonchev–Trinajstić information content (AvgIpc) is 3.01. The lowest BCUT2D eigenvalue weighted by Gasteiger charge is -2.15. The van der Waals surface area contributed by atoms with Crippen LogP contribution >= 0.6 is 0 Å². The molecular formula is C38H64O5. The molecule has 0 aliphatic heterocycles. The van der Waals surface area contributed by atoms with Gasteiger partial charge in [-0.2, -0.15) is 0 Å². The molecule has 0 saturated carbocycles. The lowest BCUT2D eigenvalue weighted by molar-refractivity contribution is -0.161. The number of carbonyl (C=O) groups is 2. The van der Waals surface area contributed by atoms with Crippen LogP contribution in [-0.4, -0.2) is 36.4 Å². The minimum Gasteiger partial charge on any atom is -0.462 e. The number of aliphatic hydroxyl groups is 1. The summed E-state index contributed by atoms with van der Waals surface area (Å²) >= 11 is 0. The van der Waals surface area contributed by atoms with E-state index in [1.807, 2.05) is 0 Å². The molecule has 0 aromatic heterocycles. The molecule has 0 bridgehead atoms. The van der Waals surface area contributed by atoms with Gasteiger partial charge in [-0.25, -0.2) is 0 Å². The van der Waals surface area contributed by atoms with E-state index in [-0.39, 0.29) is 25.2 Å². The van der Waals surface area contributed by atoms with Crippen molar-refractivity contribution in [3.05, 3.63) is 60.8 Å². The van der Waals surface area contributed by atoms with E-state index in [4.69, 9.17) is 9.47 Å². The van der Waals surface area contributed by atoms with Gasteiger partial charge in [-0.3, -0.25) is 9.59 Å². The van der Waals surface area contributed by atoms with Crippen LogP contribution in [0.1, 0.15) is 149 Å². The van der Waals surface area contributed by atoms with Gasteiger partial charge in [0.15, 0.2) is 6.10 Å². The maximum Gasteiger partial charge on any atom is 0.306 e. The molecule has 0 amide bonds. The number of esters is 2. The van der Waals surface area contributed by atoms with Crippen LogP contribution in [0.15, 0.2) is 60.8 Å². The van der Waals surface area contributed by atoms with E-state index in [2.05, 4.69) is 74.6 Å². The molecule has 0 aromatic rings. The summed E-state index contributed by atoms with van der Waals surface area (Å²) in [6.07, 6.45) is 42.8. The van der Waals surface area contributed by atoms with Crippen LogP contribution in [0.4, 0.5) is 0 Å². The number of carbonyl (C=O) groups excluding carboxylic acids is 2. The van der Waals surface area contributed by atoms with Crippen LogP contribution in [0.25, 0.3) is 0 Å². The molecule has 0 aliphatic carbocycles. The second-order valence-electron chi connectivity index (χ2n) is 11.2. The Balaban J connectivity index is 3.71. The first-order valence-electron chi connectivity index (χ1n) is 17.3. The molecule has 0 rings (SSSR count). The normalized spacial score (nSPS) is 12.9. The number of hydrogen-bond acceptors (Lipinski definition) is 5. The van der Waals surface area contributed by atoms with Crippen molar-refractivity contribution in [1.29, 1.82) is 0 Å². The summed E-state index contributed by atoms with van der Waals surface area (Å²) in [6, 6.07) is 0. The molecule has 0 fully saturated rings. The van der Waals surface area contributed by atoms with Crippen LogP contribution in [0.2, 0.25) is 0 Å². The summed E-state index contributed by atoms with van der Waals surface area (Å²) in [4.78, 5) is 24.1. The zero-order chi connectivity index (χ0) is 31.5. The summed E-state index contributed by atoms with van der Waals surface area (Å²) in [5.41, 5.74) is 0. The molecule has 0 aliphatic rings. The van der Waals surface area contributed by atoms with Gasteiger partial charge in [-0.1, -0.05) is 145 Å². The molecular weight excluding hydrogens is 536 g/mol. The topological polar surface area (TPSA) is 72.8 Å². The Morgan fingerprint density at radius 2 is 1.00 bits per heavy atom. The summed E-state index contributed by atoms with van der Waals surface area (Å²) in [7, 11) is 0. The first kappa shape index (κ1) is 40.6. The first-order valence-corrected chi connectivity index (χ1v) is 17.3. The summed E-state index contributed by atoms with van der Waals surface area (Å²) in [5.74, 6) is -0.664. The number of hydrogen-bond donors (Lipinski definition) is 1. The quantitative estimate of drug-likeness (QED) is 0.0504. The Hall–Kier alpha value is -2.40. The van der Waals surface area contributed by atoms with Crippen molar-refractivity contribution in [3.63, 3.8) is 0 Å². The zero-order valence-corrected chi connectivity index (χ0v) is 27.7. The molecule has 1 N–H and O–H groups in total. The monoisotopic (exact) mass is 600 g/mol. The lowest BCUT2D eigenvalue weighted by Crippen LogP contribution is -2.28. The number of allylic oxidation sites excluding steroid dienone is 10. The molecule has 5 heteroatoms. The number of rotatable bonds is 30. The SMILES string of the molecule is CCC=CCC=CCC=CCC=CCC=CCCCC(=O)OC[C@H](CO)OC(=O)CCCCCCCCCCCCCC. The standard InChI is InChI=1S/C38H64O5/c1-3-5-7-9-11-13-15-17-18-19-20-21-23-24-26-28-30-32-37(40)42-35-36(34-39)43-38(41)33-31-29-27-25-22-16-14-12-10-8-6-4-2/h5,7,11,13,17-18,20-21,24,26,36,39H,3-4,6,8-10,12,14-16,19,22-23,25,27-35H2,1-2H3/t36-/m0/s1. The van der Waals surface area contributed by atoms with E-state index in [0.717, 1.165) is 57.8 Å². The van der Waals surface area contributed by atoms with Crippen LogP contribution in [0.3, 0.4) is 0 Å². The van der Waals surface area contributed by atoms with Crippen molar-refractivity contribution in [2.75, 3.05) is 13.2 Å². The largest absolute Gasteiger partial charge is 0.462 e. The zero-order valence-electron chi connectivity index (χ0n) is 27.7. The Kier molecular flexibility index (Phi) is 32.2. The van der Waals surface area contributed by atoms with Crippen molar-refractivity contribution in [1.82, 2.24) is 0 Å². The van der Waals surface area contributed by atoms with Crippen LogP contribution in [-0.2, 0) is 19.1 Å². The highest BCUT2D eigenvalue weighted by molar-refractivity contribution is 5.70. The Morgan fingerprint density at radius 1 is 0.558 bits per heavy atom. The van der Waals surface area contributed by atoms with Crippen LogP contribution < -0.4 is 0 Å². The van der Waals surface area contributed by atoms with Gasteiger partial charge in [-0.15, -0.1) is 0 Å². The molecule has 0 spiro atoms. The molecule has 0 aromatic carbocycles. The van der Waals surface area contributed by atoms with Gasteiger partial charge in [0.25, 0.3) is 0 Å². The number of ether oxygens (including phenoxy) is 2. The molecule has 43 heavy (non-hydrogen) atoms. The van der Waals surface area contributed by atoms with Crippen molar-refractivity contribution in [2.45, 2.75) is 155 Å². The highest BCUT2D eigenvalue weighted by atomic mass is 16.6. The van der Waals surface area contributed by atoms with Crippen molar-refractivity contribution in [3.8, 4) is 0 Å². The number of unbranched alkanes of at least 4 members (excludes halogenated alkanes) is 12. The van der Waals surface area contributed by atoms with Gasteiger partial charge < -0.3 is 14.6 Å².